The number of hydrogen-bond acceptors (Lipinski definition) is 6. The molecule has 9 heteroatoms. The van der Waals surface area contributed by atoms with Crippen molar-refractivity contribution < 1.29 is 9.59 Å². The van der Waals surface area contributed by atoms with E-state index in [9.17, 15) is 9.59 Å². The monoisotopic (exact) mass is 485 g/mol. The van der Waals surface area contributed by atoms with E-state index in [2.05, 4.69) is 14.6 Å². The summed E-state index contributed by atoms with van der Waals surface area (Å²) in [6.07, 6.45) is 5.85. The van der Waals surface area contributed by atoms with Crippen molar-refractivity contribution in [3.05, 3.63) is 58.9 Å². The number of rotatable bonds is 6. The normalized spacial score (nSPS) is 26.0. The molecule has 1 N–H and O–H groups in total. The minimum Gasteiger partial charge on any atom is -0.334 e. The largest absolute Gasteiger partial charge is 0.334 e. The van der Waals surface area contributed by atoms with Crippen LogP contribution in [0.1, 0.15) is 24.0 Å². The van der Waals surface area contributed by atoms with Crippen LogP contribution >= 0.6 is 23.5 Å². The van der Waals surface area contributed by atoms with Crippen molar-refractivity contribution in [3.63, 3.8) is 0 Å². The molecule has 1 aromatic carbocycles. The van der Waals surface area contributed by atoms with Gasteiger partial charge >= 0.3 is 0 Å². The van der Waals surface area contributed by atoms with Crippen LogP contribution in [0.15, 0.2) is 47.6 Å². The molecule has 5 rings (SSSR count). The van der Waals surface area contributed by atoms with Crippen LogP contribution in [-0.2, 0) is 16.0 Å². The van der Waals surface area contributed by atoms with Crippen LogP contribution in [-0.4, -0.2) is 75.3 Å². The molecular weight excluding hydrogens is 458 g/mol. The topological polar surface area (TPSA) is 68.8 Å². The standard InChI is InChI=1S/C24H28ClN5O2S/c1-15-10-17(25)5-8-21(15)33-29-13-19(26-2)23(31)30-20(11-16-4-3-9-27-12-16)24(32)28(14-22(29)30)18-6-7-18/h3-5,8-10,12,18-20,22,26H,6-7,11,13-14H2,1-2H3. The van der Waals surface area contributed by atoms with Crippen LogP contribution in [0.4, 0.5) is 0 Å². The van der Waals surface area contributed by atoms with E-state index in [4.69, 9.17) is 11.6 Å². The van der Waals surface area contributed by atoms with Gasteiger partial charge in [0.15, 0.2) is 0 Å². The number of benzene rings is 1. The number of hydrogen-bond donors (Lipinski definition) is 1. The predicted molar refractivity (Wildman–Crippen MR) is 129 cm³/mol. The van der Waals surface area contributed by atoms with Gasteiger partial charge in [-0.3, -0.25) is 14.6 Å². The summed E-state index contributed by atoms with van der Waals surface area (Å²) in [7, 11) is 1.80. The molecule has 2 saturated heterocycles. The van der Waals surface area contributed by atoms with Crippen LogP contribution in [0.25, 0.3) is 0 Å². The maximum absolute atomic E-state index is 13.6. The molecule has 33 heavy (non-hydrogen) atoms. The average Bonchev–Trinajstić information content (AvgIpc) is 3.64. The fourth-order valence-electron chi connectivity index (χ4n) is 4.76. The average molecular weight is 486 g/mol. The number of aromatic nitrogens is 1. The summed E-state index contributed by atoms with van der Waals surface area (Å²) >= 11 is 7.81. The highest BCUT2D eigenvalue weighted by atomic mass is 35.5. The SMILES string of the molecule is CNC1CN(Sc2ccc(Cl)cc2C)C2CN(C3CC3)C(=O)C(Cc3cccnc3)N2C1=O. The first kappa shape index (κ1) is 22.7. The summed E-state index contributed by atoms with van der Waals surface area (Å²) in [6, 6.07) is 9.10. The maximum atomic E-state index is 13.6. The summed E-state index contributed by atoms with van der Waals surface area (Å²) in [5, 5.41) is 3.88. The number of likely N-dealkylation sites (N-methyl/N-ethyl adjacent to an activating group) is 1. The van der Waals surface area contributed by atoms with Gasteiger partial charge in [0.1, 0.15) is 18.2 Å². The van der Waals surface area contributed by atoms with Gasteiger partial charge in [-0.2, -0.15) is 0 Å². The van der Waals surface area contributed by atoms with Crippen molar-refractivity contribution in [1.29, 1.82) is 0 Å². The molecule has 0 spiro atoms. The lowest BCUT2D eigenvalue weighted by Crippen LogP contribution is -2.74. The Labute approximate surface area is 203 Å². The molecule has 1 aromatic heterocycles. The molecule has 1 saturated carbocycles. The third-order valence-electron chi connectivity index (χ3n) is 6.67. The van der Waals surface area contributed by atoms with Crippen molar-refractivity contribution in [3.8, 4) is 0 Å². The number of pyridine rings is 1. The number of carbonyl (C=O) groups is 2. The predicted octanol–water partition coefficient (Wildman–Crippen LogP) is 2.72. The van der Waals surface area contributed by atoms with Crippen LogP contribution < -0.4 is 5.32 Å². The molecule has 2 aliphatic heterocycles. The highest BCUT2D eigenvalue weighted by Gasteiger charge is 2.52. The van der Waals surface area contributed by atoms with E-state index in [-0.39, 0.29) is 30.1 Å². The van der Waals surface area contributed by atoms with Gasteiger partial charge in [-0.1, -0.05) is 17.7 Å². The van der Waals surface area contributed by atoms with Crippen molar-refractivity contribution in [2.45, 2.75) is 55.4 Å². The Balaban J connectivity index is 1.50. The lowest BCUT2D eigenvalue weighted by atomic mass is 9.97. The minimum absolute atomic E-state index is 0.00938. The van der Waals surface area contributed by atoms with Gasteiger partial charge in [0.05, 0.1) is 6.54 Å². The van der Waals surface area contributed by atoms with E-state index in [0.29, 0.717) is 24.5 Å². The molecule has 3 unspecified atom stereocenters. The second-order valence-corrected chi connectivity index (χ2v) is 10.5. The second-order valence-electron chi connectivity index (χ2n) is 8.97. The Morgan fingerprint density at radius 1 is 1.18 bits per heavy atom. The van der Waals surface area contributed by atoms with E-state index in [0.717, 1.165) is 28.9 Å². The zero-order valence-electron chi connectivity index (χ0n) is 18.8. The van der Waals surface area contributed by atoms with Crippen molar-refractivity contribution in [1.82, 2.24) is 24.4 Å². The van der Waals surface area contributed by atoms with Crippen LogP contribution in [0.2, 0.25) is 5.02 Å². The lowest BCUT2D eigenvalue weighted by Gasteiger charge is -2.53. The van der Waals surface area contributed by atoms with Gasteiger partial charge in [-0.05, 0) is 74.2 Å². The van der Waals surface area contributed by atoms with Gasteiger partial charge in [0.2, 0.25) is 11.8 Å². The molecule has 174 valence electrons. The number of piperazine rings is 1. The Morgan fingerprint density at radius 2 is 2.00 bits per heavy atom. The number of nitrogens with zero attached hydrogens (tertiary/aromatic N) is 4. The van der Waals surface area contributed by atoms with Crippen LogP contribution in [0.3, 0.4) is 0 Å². The van der Waals surface area contributed by atoms with Gasteiger partial charge in [-0.15, -0.1) is 0 Å². The first-order valence-corrected chi connectivity index (χ1v) is 12.5. The summed E-state index contributed by atoms with van der Waals surface area (Å²) < 4.78 is 2.26. The molecular formula is C24H28ClN5O2S. The van der Waals surface area contributed by atoms with Gasteiger partial charge < -0.3 is 15.1 Å². The van der Waals surface area contributed by atoms with E-state index < -0.39 is 6.04 Å². The van der Waals surface area contributed by atoms with E-state index in [1.54, 1.807) is 31.4 Å². The van der Waals surface area contributed by atoms with Crippen molar-refractivity contribution in [2.75, 3.05) is 20.1 Å². The first-order chi connectivity index (χ1) is 16.0. The summed E-state index contributed by atoms with van der Waals surface area (Å²) in [4.78, 5) is 36.3. The third-order valence-corrected chi connectivity index (χ3v) is 8.19. The number of carbonyl (C=O) groups excluding carboxylic acids is 2. The zero-order valence-corrected chi connectivity index (χ0v) is 20.4. The van der Waals surface area contributed by atoms with Crippen LogP contribution in [0.5, 0.6) is 0 Å². The Hall–Kier alpha value is -2.13. The number of aryl methyl sites for hydroxylation is 1. The number of nitrogens with one attached hydrogen (secondary N) is 1. The molecule has 3 aliphatic rings. The maximum Gasteiger partial charge on any atom is 0.246 e. The molecule has 0 bridgehead atoms. The first-order valence-electron chi connectivity index (χ1n) is 11.4. The summed E-state index contributed by atoms with van der Waals surface area (Å²) in [5.41, 5.74) is 2.05. The highest BCUT2D eigenvalue weighted by Crippen LogP contribution is 2.39. The van der Waals surface area contributed by atoms with E-state index >= 15 is 0 Å². The quantitative estimate of drug-likeness (QED) is 0.634. The molecule has 1 aliphatic carbocycles. The third kappa shape index (κ3) is 4.49. The number of fused-ring (bicyclic) bond motifs is 1. The molecule has 2 amide bonds. The smallest absolute Gasteiger partial charge is 0.246 e. The van der Waals surface area contributed by atoms with E-state index in [1.165, 1.54) is 0 Å². The van der Waals surface area contributed by atoms with Gasteiger partial charge in [0, 0.05) is 41.3 Å². The Bertz CT molecular complexity index is 1050. The van der Waals surface area contributed by atoms with Crippen LogP contribution in [0, 0.1) is 6.92 Å². The summed E-state index contributed by atoms with van der Waals surface area (Å²) in [5.74, 6) is 0.0418. The number of halogens is 1. The summed E-state index contributed by atoms with van der Waals surface area (Å²) in [6.45, 7) is 3.15. The molecule has 3 atom stereocenters. The van der Waals surface area contributed by atoms with E-state index in [1.807, 2.05) is 47.1 Å². The van der Waals surface area contributed by atoms with Crippen molar-refractivity contribution >= 4 is 35.4 Å². The van der Waals surface area contributed by atoms with Gasteiger partial charge in [-0.25, -0.2) is 4.31 Å². The second kappa shape index (κ2) is 9.25. The molecule has 3 fully saturated rings. The fourth-order valence-corrected chi connectivity index (χ4v) is 6.08. The van der Waals surface area contributed by atoms with Crippen molar-refractivity contribution in [2.24, 2.45) is 0 Å². The molecule has 7 nitrogen and oxygen atoms in total. The van der Waals surface area contributed by atoms with Gasteiger partial charge in [0.25, 0.3) is 0 Å². The highest BCUT2D eigenvalue weighted by molar-refractivity contribution is 7.97. The number of amides is 2. The lowest BCUT2D eigenvalue weighted by molar-refractivity contribution is -0.167. The molecule has 2 aromatic rings. The minimum atomic E-state index is -0.536. The zero-order chi connectivity index (χ0) is 23.1. The fraction of sp³-hybridized carbons (Fsp3) is 0.458. The molecule has 3 heterocycles. The molecule has 0 radical (unpaired) electrons. The Kier molecular flexibility index (Phi) is 6.35. The Morgan fingerprint density at radius 3 is 2.67 bits per heavy atom.